The van der Waals surface area contributed by atoms with Crippen LogP contribution in [0.2, 0.25) is 0 Å². The van der Waals surface area contributed by atoms with Crippen molar-refractivity contribution in [3.05, 3.63) is 35.6 Å². The van der Waals surface area contributed by atoms with Gasteiger partial charge in [-0.05, 0) is 18.9 Å². The average molecular weight is 390 g/mol. The fourth-order valence-corrected chi connectivity index (χ4v) is 3.65. The summed E-state index contributed by atoms with van der Waals surface area (Å²) in [5.41, 5.74) is 1.15. The van der Waals surface area contributed by atoms with Crippen molar-refractivity contribution in [1.82, 2.24) is 10.3 Å². The van der Waals surface area contributed by atoms with Crippen LogP contribution in [0.5, 0.6) is 0 Å². The molecule has 1 aliphatic heterocycles. The van der Waals surface area contributed by atoms with Gasteiger partial charge in [-0.3, -0.25) is 9.80 Å². The minimum absolute atomic E-state index is 0.104. The van der Waals surface area contributed by atoms with E-state index in [0.29, 0.717) is 24.2 Å². The lowest BCUT2D eigenvalue weighted by atomic mass is 10.0. The largest absolute Gasteiger partial charge is 0.351 e. The fraction of sp³-hybridized carbons (Fsp3) is 0.652. The van der Waals surface area contributed by atoms with Gasteiger partial charge in [0.2, 0.25) is 0 Å². The lowest BCUT2D eigenvalue weighted by Gasteiger charge is -2.24. The van der Waals surface area contributed by atoms with E-state index >= 15 is 0 Å². The molecule has 1 amide bonds. The van der Waals surface area contributed by atoms with Gasteiger partial charge in [-0.15, -0.1) is 0 Å². The predicted molar refractivity (Wildman–Crippen MR) is 114 cm³/mol. The highest BCUT2D eigenvalue weighted by atomic mass is 19.1. The van der Waals surface area contributed by atoms with Gasteiger partial charge in [0.05, 0.1) is 6.04 Å². The Bertz CT molecular complexity index is 632. The summed E-state index contributed by atoms with van der Waals surface area (Å²) in [6, 6.07) is 6.65. The maximum absolute atomic E-state index is 14.3. The SMILES string of the molecule is CCCCCCCCNC(=O)C1=NN(CCCCC)C(c2ccccc2F)C1. The molecule has 0 aromatic heterocycles. The minimum atomic E-state index is -0.225. The highest BCUT2D eigenvalue weighted by molar-refractivity contribution is 6.39. The van der Waals surface area contributed by atoms with Crippen LogP contribution in [0.25, 0.3) is 0 Å². The highest BCUT2D eigenvalue weighted by Crippen LogP contribution is 2.32. The molecule has 4 nitrogen and oxygen atoms in total. The minimum Gasteiger partial charge on any atom is -0.351 e. The first-order valence-corrected chi connectivity index (χ1v) is 11.0. The molecule has 2 rings (SSSR count). The van der Waals surface area contributed by atoms with Crippen LogP contribution in [-0.4, -0.2) is 29.7 Å². The Morgan fingerprint density at radius 2 is 1.75 bits per heavy atom. The molecule has 1 atom stereocenters. The van der Waals surface area contributed by atoms with Crippen molar-refractivity contribution in [1.29, 1.82) is 0 Å². The summed E-state index contributed by atoms with van der Waals surface area (Å²) in [4.78, 5) is 12.6. The van der Waals surface area contributed by atoms with Crippen LogP contribution in [0.3, 0.4) is 0 Å². The standard InChI is InChI=1S/C23H36FN3O/c1-3-5-7-8-9-12-16-25-23(28)21-18-22(19-14-10-11-15-20(19)24)27(26-21)17-13-6-4-2/h10-11,14-15,22H,3-9,12-13,16-18H2,1-2H3,(H,25,28). The first-order chi connectivity index (χ1) is 13.7. The van der Waals surface area contributed by atoms with Gasteiger partial charge in [0.25, 0.3) is 5.91 Å². The van der Waals surface area contributed by atoms with Crippen molar-refractivity contribution in [2.45, 2.75) is 84.1 Å². The van der Waals surface area contributed by atoms with Crippen molar-refractivity contribution in [3.63, 3.8) is 0 Å². The molecule has 0 spiro atoms. The van der Waals surface area contributed by atoms with Crippen molar-refractivity contribution in [2.24, 2.45) is 5.10 Å². The zero-order chi connectivity index (χ0) is 20.2. The smallest absolute Gasteiger partial charge is 0.267 e. The van der Waals surface area contributed by atoms with Crippen molar-refractivity contribution >= 4 is 11.6 Å². The zero-order valence-electron chi connectivity index (χ0n) is 17.6. The first-order valence-electron chi connectivity index (χ1n) is 11.0. The predicted octanol–water partition coefficient (Wildman–Crippen LogP) is 5.60. The number of benzene rings is 1. The first kappa shape index (κ1) is 22.4. The molecule has 28 heavy (non-hydrogen) atoms. The summed E-state index contributed by atoms with van der Waals surface area (Å²) in [6.07, 6.45) is 10.9. The molecule has 1 N–H and O–H groups in total. The number of carbonyl (C=O) groups excluding carboxylic acids is 1. The molecule has 1 aromatic carbocycles. The Kier molecular flexibility index (Phi) is 10.0. The van der Waals surface area contributed by atoms with Gasteiger partial charge in [0, 0.05) is 25.1 Å². The maximum atomic E-state index is 14.3. The number of halogens is 1. The van der Waals surface area contributed by atoms with Gasteiger partial charge in [0.15, 0.2) is 0 Å². The number of nitrogens with one attached hydrogen (secondary N) is 1. The van der Waals surface area contributed by atoms with Crippen LogP contribution in [0.15, 0.2) is 29.4 Å². The molecule has 1 unspecified atom stereocenters. The highest BCUT2D eigenvalue weighted by Gasteiger charge is 2.32. The second-order valence-electron chi connectivity index (χ2n) is 7.68. The normalized spacial score (nSPS) is 16.3. The summed E-state index contributed by atoms with van der Waals surface area (Å²) in [7, 11) is 0. The molecule has 0 aliphatic carbocycles. The third-order valence-electron chi connectivity index (χ3n) is 5.33. The van der Waals surface area contributed by atoms with E-state index in [1.807, 2.05) is 11.1 Å². The Morgan fingerprint density at radius 3 is 2.50 bits per heavy atom. The third-order valence-corrected chi connectivity index (χ3v) is 5.33. The van der Waals surface area contributed by atoms with Crippen LogP contribution in [-0.2, 0) is 4.79 Å². The molecule has 1 aliphatic rings. The van der Waals surface area contributed by atoms with Gasteiger partial charge in [-0.2, -0.15) is 5.10 Å². The topological polar surface area (TPSA) is 44.7 Å². The van der Waals surface area contributed by atoms with Gasteiger partial charge in [-0.1, -0.05) is 77.0 Å². The monoisotopic (exact) mass is 389 g/mol. The van der Waals surface area contributed by atoms with Crippen molar-refractivity contribution < 1.29 is 9.18 Å². The molecular weight excluding hydrogens is 353 g/mol. The van der Waals surface area contributed by atoms with Gasteiger partial charge < -0.3 is 5.32 Å². The Labute approximate surface area is 169 Å². The van der Waals surface area contributed by atoms with Crippen LogP contribution in [0.1, 0.15) is 89.7 Å². The molecule has 1 aromatic rings. The molecular formula is C23H36FN3O. The number of carbonyl (C=O) groups is 1. The quantitative estimate of drug-likeness (QED) is 0.447. The van der Waals surface area contributed by atoms with Crippen LogP contribution in [0.4, 0.5) is 4.39 Å². The van der Waals surface area contributed by atoms with E-state index in [0.717, 1.165) is 38.6 Å². The van der Waals surface area contributed by atoms with Crippen molar-refractivity contribution in [2.75, 3.05) is 13.1 Å². The number of hydrogen-bond donors (Lipinski definition) is 1. The summed E-state index contributed by atoms with van der Waals surface area (Å²) in [5.74, 6) is -0.329. The number of hydrazone groups is 1. The van der Waals surface area contributed by atoms with Gasteiger partial charge in [0.1, 0.15) is 11.5 Å². The molecule has 0 bridgehead atoms. The zero-order valence-corrected chi connectivity index (χ0v) is 17.6. The number of amides is 1. The van der Waals surface area contributed by atoms with Crippen LogP contribution < -0.4 is 5.32 Å². The summed E-state index contributed by atoms with van der Waals surface area (Å²) in [5, 5.41) is 9.48. The molecule has 156 valence electrons. The van der Waals surface area contributed by atoms with E-state index in [4.69, 9.17) is 0 Å². The van der Waals surface area contributed by atoms with Crippen LogP contribution in [0, 0.1) is 5.82 Å². The summed E-state index contributed by atoms with van der Waals surface area (Å²) in [6.45, 7) is 5.80. The second-order valence-corrected chi connectivity index (χ2v) is 7.68. The number of hydrogen-bond acceptors (Lipinski definition) is 3. The maximum Gasteiger partial charge on any atom is 0.267 e. The van der Waals surface area contributed by atoms with Crippen molar-refractivity contribution in [3.8, 4) is 0 Å². The Hall–Kier alpha value is -1.91. The summed E-state index contributed by atoms with van der Waals surface area (Å²) < 4.78 is 14.3. The lowest BCUT2D eigenvalue weighted by Crippen LogP contribution is -2.31. The third kappa shape index (κ3) is 6.92. The van der Waals surface area contributed by atoms with E-state index in [2.05, 4.69) is 24.3 Å². The number of unbranched alkanes of at least 4 members (excludes halogenated alkanes) is 7. The fourth-order valence-electron chi connectivity index (χ4n) is 3.65. The van der Waals surface area contributed by atoms with E-state index in [9.17, 15) is 9.18 Å². The molecule has 0 saturated heterocycles. The van der Waals surface area contributed by atoms with E-state index in [1.165, 1.54) is 31.7 Å². The second kappa shape index (κ2) is 12.5. The molecule has 0 saturated carbocycles. The van der Waals surface area contributed by atoms with Crippen LogP contribution >= 0.6 is 0 Å². The Balaban J connectivity index is 1.89. The average Bonchev–Trinajstić information content (AvgIpc) is 3.12. The molecule has 0 radical (unpaired) electrons. The molecule has 5 heteroatoms. The molecule has 0 fully saturated rings. The lowest BCUT2D eigenvalue weighted by molar-refractivity contribution is -0.114. The van der Waals surface area contributed by atoms with Gasteiger partial charge >= 0.3 is 0 Å². The number of rotatable bonds is 13. The summed E-state index contributed by atoms with van der Waals surface area (Å²) >= 11 is 0. The number of nitrogens with zero attached hydrogens (tertiary/aromatic N) is 2. The molecule has 1 heterocycles. The van der Waals surface area contributed by atoms with Gasteiger partial charge in [-0.25, -0.2) is 4.39 Å². The Morgan fingerprint density at radius 1 is 1.07 bits per heavy atom. The van der Waals surface area contributed by atoms with E-state index in [-0.39, 0.29) is 17.8 Å². The van der Waals surface area contributed by atoms with E-state index in [1.54, 1.807) is 12.1 Å². The van der Waals surface area contributed by atoms with E-state index < -0.39 is 0 Å².